The highest BCUT2D eigenvalue weighted by molar-refractivity contribution is 5.99. The highest BCUT2D eigenvalue weighted by Crippen LogP contribution is 2.27. The molecule has 5 heteroatoms. The Hall–Kier alpha value is -2.17. The van der Waals surface area contributed by atoms with Gasteiger partial charge in [0.15, 0.2) is 0 Å². The molecule has 5 nitrogen and oxygen atoms in total. The SMILES string of the molecule is CC(C)(C)OC(=O)Nc1coc2ccc(N)cc12. The van der Waals surface area contributed by atoms with Crippen molar-refractivity contribution in [3.8, 4) is 0 Å². The van der Waals surface area contributed by atoms with Gasteiger partial charge in [0.2, 0.25) is 0 Å². The van der Waals surface area contributed by atoms with Crippen molar-refractivity contribution in [1.82, 2.24) is 0 Å². The minimum absolute atomic E-state index is 0.521. The van der Waals surface area contributed by atoms with Gasteiger partial charge in [-0.1, -0.05) is 0 Å². The van der Waals surface area contributed by atoms with Crippen LogP contribution in [-0.4, -0.2) is 11.7 Å². The second kappa shape index (κ2) is 4.25. The normalized spacial score (nSPS) is 11.5. The third kappa shape index (κ3) is 2.74. The fourth-order valence-electron chi connectivity index (χ4n) is 1.56. The summed E-state index contributed by atoms with van der Waals surface area (Å²) in [7, 11) is 0. The molecule has 0 fully saturated rings. The van der Waals surface area contributed by atoms with E-state index < -0.39 is 11.7 Å². The number of carbonyl (C=O) groups excluding carboxylic acids is 1. The van der Waals surface area contributed by atoms with Crippen molar-refractivity contribution in [3.05, 3.63) is 24.5 Å². The monoisotopic (exact) mass is 248 g/mol. The quantitative estimate of drug-likeness (QED) is 0.758. The standard InChI is InChI=1S/C13H16N2O3/c1-13(2,3)18-12(16)15-10-7-17-11-5-4-8(14)6-9(10)11/h4-7H,14H2,1-3H3,(H,15,16). The first-order chi connectivity index (χ1) is 8.35. The molecule has 2 rings (SSSR count). The van der Waals surface area contributed by atoms with Gasteiger partial charge in [0.25, 0.3) is 0 Å². The molecular formula is C13H16N2O3. The smallest absolute Gasteiger partial charge is 0.412 e. The molecule has 1 amide bonds. The van der Waals surface area contributed by atoms with E-state index in [4.69, 9.17) is 14.9 Å². The number of rotatable bonds is 1. The van der Waals surface area contributed by atoms with Crippen LogP contribution >= 0.6 is 0 Å². The first-order valence-corrected chi connectivity index (χ1v) is 5.62. The van der Waals surface area contributed by atoms with Crippen LogP contribution in [0.25, 0.3) is 11.0 Å². The number of nitrogen functional groups attached to an aromatic ring is 1. The zero-order valence-electron chi connectivity index (χ0n) is 10.6. The number of hydrogen-bond donors (Lipinski definition) is 2. The average Bonchev–Trinajstić information content (AvgIpc) is 2.58. The van der Waals surface area contributed by atoms with E-state index in [1.807, 2.05) is 0 Å². The summed E-state index contributed by atoms with van der Waals surface area (Å²) in [6, 6.07) is 5.24. The molecule has 0 aliphatic heterocycles. The van der Waals surface area contributed by atoms with E-state index in [0.29, 0.717) is 17.0 Å². The Labute approximate surface area is 105 Å². The molecular weight excluding hydrogens is 232 g/mol. The van der Waals surface area contributed by atoms with E-state index in [-0.39, 0.29) is 0 Å². The molecule has 0 aliphatic carbocycles. The Morgan fingerprint density at radius 3 is 2.78 bits per heavy atom. The van der Waals surface area contributed by atoms with Crippen LogP contribution < -0.4 is 11.1 Å². The average molecular weight is 248 g/mol. The van der Waals surface area contributed by atoms with Gasteiger partial charge in [-0.25, -0.2) is 4.79 Å². The van der Waals surface area contributed by atoms with Gasteiger partial charge in [0.1, 0.15) is 17.4 Å². The lowest BCUT2D eigenvalue weighted by Gasteiger charge is -2.19. The summed E-state index contributed by atoms with van der Waals surface area (Å²) < 4.78 is 10.5. The second-order valence-corrected chi connectivity index (χ2v) is 5.03. The highest BCUT2D eigenvalue weighted by Gasteiger charge is 2.17. The molecule has 0 radical (unpaired) electrons. The lowest BCUT2D eigenvalue weighted by molar-refractivity contribution is 0.0636. The molecule has 1 aromatic heterocycles. The zero-order chi connectivity index (χ0) is 13.3. The van der Waals surface area contributed by atoms with Crippen LogP contribution in [0.2, 0.25) is 0 Å². The lowest BCUT2D eigenvalue weighted by Crippen LogP contribution is -2.27. The van der Waals surface area contributed by atoms with Crippen molar-refractivity contribution in [2.24, 2.45) is 0 Å². The summed E-state index contributed by atoms with van der Waals surface area (Å²) in [5.74, 6) is 0. The van der Waals surface area contributed by atoms with Crippen molar-refractivity contribution in [2.75, 3.05) is 11.1 Å². The summed E-state index contributed by atoms with van der Waals surface area (Å²) in [5.41, 5.74) is 6.98. The van der Waals surface area contributed by atoms with E-state index >= 15 is 0 Å². The van der Waals surface area contributed by atoms with Crippen molar-refractivity contribution >= 4 is 28.4 Å². The van der Waals surface area contributed by atoms with Crippen LogP contribution in [0.4, 0.5) is 16.2 Å². The minimum Gasteiger partial charge on any atom is -0.462 e. The highest BCUT2D eigenvalue weighted by atomic mass is 16.6. The molecule has 0 spiro atoms. The summed E-state index contributed by atoms with van der Waals surface area (Å²) >= 11 is 0. The summed E-state index contributed by atoms with van der Waals surface area (Å²) in [5, 5.41) is 3.39. The largest absolute Gasteiger partial charge is 0.462 e. The molecule has 0 atom stereocenters. The molecule has 1 aromatic carbocycles. The van der Waals surface area contributed by atoms with E-state index in [0.717, 1.165) is 5.39 Å². The Morgan fingerprint density at radius 2 is 2.11 bits per heavy atom. The Bertz CT molecular complexity index is 581. The number of anilines is 2. The molecule has 2 aromatic rings. The number of nitrogens with two attached hydrogens (primary N) is 1. The van der Waals surface area contributed by atoms with Crippen molar-refractivity contribution in [3.63, 3.8) is 0 Å². The number of hydrogen-bond acceptors (Lipinski definition) is 4. The van der Waals surface area contributed by atoms with Crippen LogP contribution in [0.5, 0.6) is 0 Å². The summed E-state index contributed by atoms with van der Waals surface area (Å²) in [4.78, 5) is 11.6. The Kier molecular flexibility index (Phi) is 2.90. The van der Waals surface area contributed by atoms with Gasteiger partial charge in [-0.05, 0) is 39.0 Å². The molecule has 0 bridgehead atoms. The molecule has 0 saturated carbocycles. The summed E-state index contributed by atoms with van der Waals surface area (Å²) in [6.45, 7) is 5.41. The van der Waals surface area contributed by atoms with Crippen molar-refractivity contribution in [2.45, 2.75) is 26.4 Å². The van der Waals surface area contributed by atoms with Gasteiger partial charge >= 0.3 is 6.09 Å². The van der Waals surface area contributed by atoms with Gasteiger partial charge in [-0.15, -0.1) is 0 Å². The number of carbonyl (C=O) groups is 1. The van der Waals surface area contributed by atoms with Crippen LogP contribution in [0, 0.1) is 0 Å². The maximum absolute atomic E-state index is 11.6. The molecule has 3 N–H and O–H groups in total. The Balaban J connectivity index is 2.22. The third-order valence-corrected chi connectivity index (χ3v) is 2.23. The van der Waals surface area contributed by atoms with E-state index in [1.165, 1.54) is 6.26 Å². The predicted molar refractivity (Wildman–Crippen MR) is 70.5 cm³/mol. The summed E-state index contributed by atoms with van der Waals surface area (Å²) in [6.07, 6.45) is 0.946. The van der Waals surface area contributed by atoms with Crippen LogP contribution in [0.1, 0.15) is 20.8 Å². The maximum Gasteiger partial charge on any atom is 0.412 e. The van der Waals surface area contributed by atoms with E-state index in [9.17, 15) is 4.79 Å². The molecule has 0 aliphatic rings. The number of amides is 1. The minimum atomic E-state index is -0.539. The van der Waals surface area contributed by atoms with E-state index in [1.54, 1.807) is 39.0 Å². The first-order valence-electron chi connectivity index (χ1n) is 5.62. The lowest BCUT2D eigenvalue weighted by atomic mass is 10.2. The molecule has 1 heterocycles. The van der Waals surface area contributed by atoms with Gasteiger partial charge < -0.3 is 14.9 Å². The van der Waals surface area contributed by atoms with Crippen LogP contribution in [0.3, 0.4) is 0 Å². The van der Waals surface area contributed by atoms with E-state index in [2.05, 4.69) is 5.32 Å². The van der Waals surface area contributed by atoms with Gasteiger partial charge in [0.05, 0.1) is 5.69 Å². The first kappa shape index (κ1) is 12.3. The fourth-order valence-corrected chi connectivity index (χ4v) is 1.56. The maximum atomic E-state index is 11.6. The molecule has 96 valence electrons. The van der Waals surface area contributed by atoms with Gasteiger partial charge in [-0.3, -0.25) is 5.32 Å². The number of benzene rings is 1. The number of fused-ring (bicyclic) bond motifs is 1. The second-order valence-electron chi connectivity index (χ2n) is 5.03. The fraction of sp³-hybridized carbons (Fsp3) is 0.308. The molecule has 0 unspecified atom stereocenters. The Morgan fingerprint density at radius 1 is 1.39 bits per heavy atom. The van der Waals surface area contributed by atoms with Crippen molar-refractivity contribution in [1.29, 1.82) is 0 Å². The zero-order valence-corrected chi connectivity index (χ0v) is 10.6. The van der Waals surface area contributed by atoms with Crippen molar-refractivity contribution < 1.29 is 13.9 Å². The topological polar surface area (TPSA) is 77.5 Å². The predicted octanol–water partition coefficient (Wildman–Crippen LogP) is 3.36. The molecule has 0 saturated heterocycles. The third-order valence-electron chi connectivity index (χ3n) is 2.23. The van der Waals surface area contributed by atoms with Crippen LogP contribution in [0.15, 0.2) is 28.9 Å². The van der Waals surface area contributed by atoms with Crippen LogP contribution in [-0.2, 0) is 4.74 Å². The van der Waals surface area contributed by atoms with Gasteiger partial charge in [-0.2, -0.15) is 0 Å². The number of furan rings is 1. The molecule has 18 heavy (non-hydrogen) atoms. The number of ether oxygens (including phenoxy) is 1. The van der Waals surface area contributed by atoms with Gasteiger partial charge in [0, 0.05) is 11.1 Å². The number of nitrogens with one attached hydrogen (secondary N) is 1.